The molecule has 0 bridgehead atoms. The van der Waals surface area contributed by atoms with Crippen molar-refractivity contribution < 1.29 is 5.11 Å². The molecule has 1 aliphatic carbocycles. The van der Waals surface area contributed by atoms with Gasteiger partial charge in [0.1, 0.15) is 18.2 Å². The predicted octanol–water partition coefficient (Wildman–Crippen LogP) is 1.55. The van der Waals surface area contributed by atoms with Gasteiger partial charge in [-0.1, -0.05) is 0 Å². The van der Waals surface area contributed by atoms with Crippen LogP contribution in [-0.4, -0.2) is 38.1 Å². The third-order valence-corrected chi connectivity index (χ3v) is 4.34. The van der Waals surface area contributed by atoms with Gasteiger partial charge in [0.25, 0.3) is 0 Å². The van der Waals surface area contributed by atoms with E-state index in [1.165, 1.54) is 18.4 Å². The lowest BCUT2D eigenvalue weighted by Crippen LogP contribution is -2.46. The van der Waals surface area contributed by atoms with Crippen molar-refractivity contribution in [3.8, 4) is 0 Å². The van der Waals surface area contributed by atoms with E-state index in [1.807, 2.05) is 25.4 Å². The van der Waals surface area contributed by atoms with Gasteiger partial charge in [-0.2, -0.15) is 0 Å². The van der Waals surface area contributed by atoms with E-state index < -0.39 is 0 Å². The summed E-state index contributed by atoms with van der Waals surface area (Å²) in [7, 11) is 0. The average Bonchev–Trinajstić information content (AvgIpc) is 3.30. The van der Waals surface area contributed by atoms with Gasteiger partial charge >= 0.3 is 0 Å². The first-order valence-electron chi connectivity index (χ1n) is 7.75. The molecule has 1 saturated carbocycles. The van der Waals surface area contributed by atoms with Crippen LogP contribution in [0.4, 0.5) is 5.82 Å². The number of aliphatic hydroxyl groups is 1. The first-order valence-corrected chi connectivity index (χ1v) is 7.75. The molecule has 6 nitrogen and oxygen atoms in total. The van der Waals surface area contributed by atoms with Crippen LogP contribution in [0.25, 0.3) is 0 Å². The molecule has 0 amide bonds. The van der Waals surface area contributed by atoms with Crippen LogP contribution in [-0.2, 0) is 6.61 Å². The van der Waals surface area contributed by atoms with Crippen LogP contribution in [0.15, 0.2) is 18.5 Å². The molecule has 0 aromatic carbocycles. The van der Waals surface area contributed by atoms with Crippen LogP contribution < -0.4 is 4.90 Å². The van der Waals surface area contributed by atoms with Gasteiger partial charge < -0.3 is 10.0 Å². The zero-order chi connectivity index (χ0) is 15.1. The molecule has 2 aromatic rings. The molecular weight excluding hydrogens is 278 g/mol. The van der Waals surface area contributed by atoms with E-state index in [0.717, 1.165) is 30.4 Å². The third-order valence-electron chi connectivity index (χ3n) is 4.34. The van der Waals surface area contributed by atoms with Gasteiger partial charge in [-0.3, -0.25) is 0 Å². The first kappa shape index (κ1) is 13.6. The summed E-state index contributed by atoms with van der Waals surface area (Å²) < 4.78 is 0. The maximum atomic E-state index is 9.20. The van der Waals surface area contributed by atoms with Gasteiger partial charge in [-0.15, -0.1) is 0 Å². The summed E-state index contributed by atoms with van der Waals surface area (Å²) in [4.78, 5) is 19.8. The molecule has 2 aliphatic rings. The van der Waals surface area contributed by atoms with Crippen molar-refractivity contribution in [2.45, 2.75) is 38.2 Å². The minimum absolute atomic E-state index is 0.127. The topological polar surface area (TPSA) is 75.0 Å². The molecule has 0 spiro atoms. The van der Waals surface area contributed by atoms with Crippen molar-refractivity contribution in [3.63, 3.8) is 0 Å². The lowest BCUT2D eigenvalue weighted by molar-refractivity contribution is 0.271. The van der Waals surface area contributed by atoms with Gasteiger partial charge in [0.2, 0.25) is 0 Å². The Hall–Kier alpha value is -2.08. The van der Waals surface area contributed by atoms with Crippen molar-refractivity contribution >= 4 is 5.82 Å². The van der Waals surface area contributed by atoms with Gasteiger partial charge in [0.05, 0.1) is 5.92 Å². The second-order valence-corrected chi connectivity index (χ2v) is 6.19. The lowest BCUT2D eigenvalue weighted by Gasteiger charge is -2.39. The number of hydrogen-bond acceptors (Lipinski definition) is 6. The Bertz CT molecular complexity index is 677. The van der Waals surface area contributed by atoms with Crippen molar-refractivity contribution in [3.05, 3.63) is 41.4 Å². The van der Waals surface area contributed by atoms with Crippen molar-refractivity contribution in [2.24, 2.45) is 0 Å². The van der Waals surface area contributed by atoms with E-state index in [2.05, 4.69) is 24.8 Å². The highest BCUT2D eigenvalue weighted by atomic mass is 16.3. The Morgan fingerprint density at radius 2 is 1.86 bits per heavy atom. The maximum absolute atomic E-state index is 9.20. The average molecular weight is 297 g/mol. The monoisotopic (exact) mass is 297 g/mol. The Labute approximate surface area is 129 Å². The van der Waals surface area contributed by atoms with E-state index in [1.54, 1.807) is 0 Å². The van der Waals surface area contributed by atoms with E-state index in [0.29, 0.717) is 17.7 Å². The number of rotatable bonds is 4. The van der Waals surface area contributed by atoms with Crippen LogP contribution >= 0.6 is 0 Å². The fourth-order valence-electron chi connectivity index (χ4n) is 2.86. The third kappa shape index (κ3) is 2.54. The number of nitrogens with zero attached hydrogens (tertiary/aromatic N) is 5. The second-order valence-electron chi connectivity index (χ2n) is 6.19. The molecule has 0 radical (unpaired) electrons. The molecule has 1 saturated heterocycles. The normalized spacial score (nSPS) is 18.4. The van der Waals surface area contributed by atoms with Crippen LogP contribution in [0.5, 0.6) is 0 Å². The highest BCUT2D eigenvalue weighted by molar-refractivity contribution is 5.44. The zero-order valence-electron chi connectivity index (χ0n) is 12.6. The largest absolute Gasteiger partial charge is 0.388 e. The standard InChI is InChI=1S/C16H19N5O/c1-10-4-15(20-14(9-22)19-10)21-7-13(8-21)16-17-5-12(6-18-16)11-2-3-11/h4-6,11,13,22H,2-3,7-9H2,1H3. The van der Waals surface area contributed by atoms with Crippen LogP contribution in [0, 0.1) is 6.92 Å². The van der Waals surface area contributed by atoms with Crippen molar-refractivity contribution in [2.75, 3.05) is 18.0 Å². The van der Waals surface area contributed by atoms with Gasteiger partial charge in [-0.05, 0) is 31.2 Å². The molecule has 3 heterocycles. The van der Waals surface area contributed by atoms with E-state index in [4.69, 9.17) is 0 Å². The van der Waals surface area contributed by atoms with Gasteiger partial charge in [0.15, 0.2) is 5.82 Å². The summed E-state index contributed by atoms with van der Waals surface area (Å²) in [5, 5.41) is 9.20. The van der Waals surface area contributed by atoms with Gasteiger partial charge in [0, 0.05) is 37.2 Å². The number of anilines is 1. The lowest BCUT2D eigenvalue weighted by atomic mass is 9.99. The Kier molecular flexibility index (Phi) is 3.26. The molecule has 0 atom stereocenters. The van der Waals surface area contributed by atoms with Crippen molar-refractivity contribution in [1.82, 2.24) is 19.9 Å². The fourth-order valence-corrected chi connectivity index (χ4v) is 2.86. The quantitative estimate of drug-likeness (QED) is 0.923. The van der Waals surface area contributed by atoms with Crippen LogP contribution in [0.3, 0.4) is 0 Å². The Balaban J connectivity index is 1.43. The zero-order valence-corrected chi connectivity index (χ0v) is 12.6. The summed E-state index contributed by atoms with van der Waals surface area (Å²) in [6.45, 7) is 3.52. The number of aliphatic hydroxyl groups excluding tert-OH is 1. The molecule has 6 heteroatoms. The molecule has 1 aliphatic heterocycles. The van der Waals surface area contributed by atoms with E-state index >= 15 is 0 Å². The Morgan fingerprint density at radius 3 is 2.50 bits per heavy atom. The maximum Gasteiger partial charge on any atom is 0.156 e. The van der Waals surface area contributed by atoms with Crippen molar-refractivity contribution in [1.29, 1.82) is 0 Å². The minimum atomic E-state index is -0.127. The summed E-state index contributed by atoms with van der Waals surface area (Å²) in [5.74, 6) is 3.34. The fraction of sp³-hybridized carbons (Fsp3) is 0.500. The summed E-state index contributed by atoms with van der Waals surface area (Å²) in [5.41, 5.74) is 2.15. The number of aromatic nitrogens is 4. The summed E-state index contributed by atoms with van der Waals surface area (Å²) in [6.07, 6.45) is 6.53. The van der Waals surface area contributed by atoms with E-state index in [9.17, 15) is 5.11 Å². The SMILES string of the molecule is Cc1cc(N2CC(c3ncc(C4CC4)cn3)C2)nc(CO)n1. The molecule has 2 fully saturated rings. The molecule has 0 unspecified atom stereocenters. The molecule has 114 valence electrons. The molecule has 2 aromatic heterocycles. The highest BCUT2D eigenvalue weighted by Crippen LogP contribution is 2.39. The van der Waals surface area contributed by atoms with E-state index in [-0.39, 0.29) is 6.61 Å². The highest BCUT2D eigenvalue weighted by Gasteiger charge is 2.32. The van der Waals surface area contributed by atoms with Crippen LogP contribution in [0.1, 0.15) is 47.6 Å². The predicted molar refractivity (Wildman–Crippen MR) is 81.7 cm³/mol. The summed E-state index contributed by atoms with van der Waals surface area (Å²) >= 11 is 0. The molecule has 4 rings (SSSR count). The smallest absolute Gasteiger partial charge is 0.156 e. The molecule has 1 N–H and O–H groups in total. The number of aryl methyl sites for hydroxylation is 1. The minimum Gasteiger partial charge on any atom is -0.388 e. The Morgan fingerprint density at radius 1 is 1.14 bits per heavy atom. The summed E-state index contributed by atoms with van der Waals surface area (Å²) in [6, 6.07) is 1.95. The van der Waals surface area contributed by atoms with Gasteiger partial charge in [-0.25, -0.2) is 19.9 Å². The molecule has 22 heavy (non-hydrogen) atoms. The number of hydrogen-bond donors (Lipinski definition) is 1. The second kappa shape index (κ2) is 5.28. The molecular formula is C16H19N5O. The van der Waals surface area contributed by atoms with Crippen LogP contribution in [0.2, 0.25) is 0 Å². The first-order chi connectivity index (χ1) is 10.7.